The van der Waals surface area contributed by atoms with Crippen LogP contribution in [0, 0.1) is 0 Å². The average molecular weight is 651 g/mol. The van der Waals surface area contributed by atoms with Crippen LogP contribution in [0.15, 0.2) is 0 Å². The summed E-state index contributed by atoms with van der Waals surface area (Å²) in [6, 6.07) is 0. The number of hydrogen-bond acceptors (Lipinski definition) is 12. The van der Waals surface area contributed by atoms with Crippen LogP contribution in [-0.4, -0.2) is 55.6 Å². The van der Waals surface area contributed by atoms with Crippen molar-refractivity contribution in [1.82, 2.24) is 0 Å². The molecule has 0 aromatic carbocycles. The van der Waals surface area contributed by atoms with E-state index in [2.05, 4.69) is 0 Å². The second-order valence-corrected chi connectivity index (χ2v) is 4.28. The first-order valence-corrected chi connectivity index (χ1v) is 10.8. The topological polar surface area (TPSA) is 241 Å². The predicted molar refractivity (Wildman–Crippen MR) is 45.3 cm³/mol. The molecule has 0 aliphatic rings. The molecule has 0 aliphatic carbocycles. The molecule has 165 valence electrons. The maximum atomic E-state index is 9.99. The Morgan fingerprint density at radius 1 is 0.333 bits per heavy atom. The average Bonchev–Trinajstić information content (AvgIpc) is 2.08. The fourth-order valence-corrected chi connectivity index (χ4v) is 0. The summed E-state index contributed by atoms with van der Waals surface area (Å²) in [6.45, 7) is 0. The molecule has 0 aliphatic heterocycles. The van der Waals surface area contributed by atoms with E-state index in [9.17, 15) is 24.6 Å². The fraction of sp³-hybridized carbons (Fsp3) is 0. The summed E-state index contributed by atoms with van der Waals surface area (Å²) < 4.78 is 110. The van der Waals surface area contributed by atoms with E-state index < -0.39 is 55.6 Å². The molecular weight excluding hydrogens is 651 g/mol. The van der Waals surface area contributed by atoms with Gasteiger partial charge < -0.3 is 55.5 Å². The van der Waals surface area contributed by atoms with Crippen LogP contribution in [0.4, 0.5) is 24.6 Å². The number of hydrogen-bond donors (Lipinski definition) is 0. The Morgan fingerprint density at radius 2 is 0.333 bits per heavy atom. The first-order chi connectivity index (χ1) is 10.4. The molecule has 0 heterocycles. The van der Waals surface area contributed by atoms with Gasteiger partial charge in [-0.15, -0.1) is 0 Å². The molecule has 0 aromatic rings. The Kier molecular flexibility index (Phi) is 105. The molecule has 0 aromatic heterocycles. The summed E-state index contributed by atoms with van der Waals surface area (Å²) in [4.78, 5) is 50.4. The molecule has 0 fully saturated rings. The minimum atomic E-state index is -3.88. The SMILES string of the molecule is O=[Si]([O-])F.O=[Si]([O-])F.O=[Si]([O-])F.O=[Si]([O-])F.O=[Si]([O-])F.O=[Si]([O-])F.[Co+2].[Co+2].[Co+2]. The van der Waals surface area contributed by atoms with Gasteiger partial charge >= 0.3 is 106 Å². The van der Waals surface area contributed by atoms with E-state index in [1.54, 1.807) is 0 Å². The van der Waals surface area contributed by atoms with Crippen LogP contribution in [0.1, 0.15) is 0 Å². The molecule has 0 amide bonds. The summed E-state index contributed by atoms with van der Waals surface area (Å²) >= 11 is 0. The molecule has 0 saturated heterocycles. The van der Waals surface area contributed by atoms with Gasteiger partial charge in [-0.3, -0.25) is 24.6 Å². The van der Waals surface area contributed by atoms with Crippen LogP contribution in [-0.2, 0) is 77.1 Å². The molecule has 3 radical (unpaired) electrons. The van der Waals surface area contributed by atoms with Crippen molar-refractivity contribution in [3.05, 3.63) is 0 Å². The summed E-state index contributed by atoms with van der Waals surface area (Å²) in [5.74, 6) is 0. The van der Waals surface area contributed by atoms with Gasteiger partial charge in [-0.2, -0.15) is 0 Å². The van der Waals surface area contributed by atoms with Gasteiger partial charge in [0.25, 0.3) is 0 Å². The molecule has 0 rings (SSSR count). The molecular formula is Co3F6O12Si6. The Hall–Kier alpha value is 0.000779. The van der Waals surface area contributed by atoms with Gasteiger partial charge in [0.15, 0.2) is 0 Å². The fourth-order valence-electron chi connectivity index (χ4n) is 0. The summed E-state index contributed by atoms with van der Waals surface area (Å²) in [6.07, 6.45) is 0. The van der Waals surface area contributed by atoms with Crippen molar-refractivity contribution in [2.45, 2.75) is 0 Å². The van der Waals surface area contributed by atoms with Crippen LogP contribution in [0.2, 0.25) is 0 Å². The molecule has 0 spiro atoms. The van der Waals surface area contributed by atoms with Gasteiger partial charge in [0, 0.05) is 0 Å². The van der Waals surface area contributed by atoms with E-state index in [0.29, 0.717) is 0 Å². The van der Waals surface area contributed by atoms with Crippen molar-refractivity contribution in [3.8, 4) is 0 Å². The van der Waals surface area contributed by atoms with E-state index in [1.165, 1.54) is 0 Å². The van der Waals surface area contributed by atoms with E-state index in [1.807, 2.05) is 0 Å². The normalized spacial score (nSPS) is 5.56. The smallest absolute Gasteiger partial charge is 0.560 e. The first kappa shape index (κ1) is 56.3. The van der Waals surface area contributed by atoms with E-state index >= 15 is 0 Å². The van der Waals surface area contributed by atoms with Gasteiger partial charge in [-0.1, -0.05) is 0 Å². The van der Waals surface area contributed by atoms with E-state index in [4.69, 9.17) is 55.5 Å². The molecule has 12 nitrogen and oxygen atoms in total. The molecule has 27 heteroatoms. The summed E-state index contributed by atoms with van der Waals surface area (Å²) in [5.41, 5.74) is 0. The Balaban J connectivity index is -0.0000000201. The third kappa shape index (κ3) is 24700000000. The van der Waals surface area contributed by atoms with Crippen LogP contribution >= 0.6 is 0 Å². The largest absolute Gasteiger partial charge is 2.00 e. The third-order valence-corrected chi connectivity index (χ3v) is 0. The van der Waals surface area contributed by atoms with E-state index in [-0.39, 0.29) is 50.3 Å². The molecule has 0 atom stereocenters. The second-order valence-electron chi connectivity index (χ2n) is 1.43. The summed E-state index contributed by atoms with van der Waals surface area (Å²) in [7, 11) is -23.3. The maximum absolute atomic E-state index is 9.99. The third-order valence-electron chi connectivity index (χ3n) is 0. The van der Waals surface area contributed by atoms with Crippen LogP contribution in [0.25, 0.3) is 0 Å². The van der Waals surface area contributed by atoms with Gasteiger partial charge in [0.05, 0.1) is 0 Å². The predicted octanol–water partition coefficient (Wildman–Crippen LogP) is -7.62. The monoisotopic (exact) mass is 651 g/mol. The maximum Gasteiger partial charge on any atom is 2.00 e. The van der Waals surface area contributed by atoms with Crippen molar-refractivity contribution in [2.24, 2.45) is 0 Å². The van der Waals surface area contributed by atoms with Gasteiger partial charge in [0.2, 0.25) is 0 Å². The minimum absolute atomic E-state index is 0. The zero-order valence-electron chi connectivity index (χ0n) is 11.2. The zero-order chi connectivity index (χ0) is 21.5. The molecule has 0 bridgehead atoms. The van der Waals surface area contributed by atoms with Gasteiger partial charge in [-0.05, 0) is 0 Å². The zero-order valence-corrected chi connectivity index (χ0v) is 20.3. The van der Waals surface area contributed by atoms with Gasteiger partial charge in [-0.25, -0.2) is 0 Å². The summed E-state index contributed by atoms with van der Waals surface area (Å²) in [5, 5.41) is 0. The Labute approximate surface area is 185 Å². The van der Waals surface area contributed by atoms with Crippen molar-refractivity contribution in [1.29, 1.82) is 0 Å². The van der Waals surface area contributed by atoms with Crippen LogP contribution < -0.4 is 28.8 Å². The second kappa shape index (κ2) is 50.2. The van der Waals surface area contributed by atoms with Crippen molar-refractivity contribution < 1.29 is 131 Å². The van der Waals surface area contributed by atoms with Crippen molar-refractivity contribution >= 4 is 55.6 Å². The molecule has 27 heavy (non-hydrogen) atoms. The number of rotatable bonds is 0. The number of halogens is 6. The molecule has 0 unspecified atom stereocenters. The first-order valence-electron chi connectivity index (χ1n) is 3.58. The quantitative estimate of drug-likeness (QED) is 0.135. The van der Waals surface area contributed by atoms with Crippen LogP contribution in [0.3, 0.4) is 0 Å². The molecule has 0 N–H and O–H groups in total. The van der Waals surface area contributed by atoms with Crippen molar-refractivity contribution in [3.63, 3.8) is 0 Å². The Morgan fingerprint density at radius 3 is 0.333 bits per heavy atom. The molecule has 0 saturated carbocycles. The minimum Gasteiger partial charge on any atom is -0.560 e. The van der Waals surface area contributed by atoms with Crippen molar-refractivity contribution in [2.75, 3.05) is 0 Å². The van der Waals surface area contributed by atoms with Crippen LogP contribution in [0.5, 0.6) is 0 Å². The van der Waals surface area contributed by atoms with E-state index in [0.717, 1.165) is 0 Å². The standard InChI is InChI=1S/3Co.6FO2Si/c;;;6*1-4(2)3/q3*+2;6*-1. The van der Waals surface area contributed by atoms with Gasteiger partial charge in [0.1, 0.15) is 0 Å². The Bertz CT molecular complexity index is 281.